The van der Waals surface area contributed by atoms with E-state index < -0.39 is 45.8 Å². The number of nitrogens with one attached hydrogen (secondary N) is 3. The molecule has 62 heavy (non-hydrogen) atoms. The van der Waals surface area contributed by atoms with Gasteiger partial charge in [-0.15, -0.1) is 0 Å². The normalized spacial score (nSPS) is 19.0. The zero-order valence-corrected chi connectivity index (χ0v) is 36.2. The largest absolute Gasteiger partial charge is 0.399 e. The predicted octanol–water partition coefficient (Wildman–Crippen LogP) is 3.73. The molecule has 16 heteroatoms. The lowest BCUT2D eigenvalue weighted by atomic mass is 9.91. The minimum atomic E-state index is -3.66. The molecule has 1 fully saturated rings. The molecule has 3 aromatic carbocycles. The summed E-state index contributed by atoms with van der Waals surface area (Å²) in [5.74, 6) is -0.750. The van der Waals surface area contributed by atoms with Crippen molar-refractivity contribution in [2.75, 3.05) is 36.6 Å². The van der Waals surface area contributed by atoms with Crippen molar-refractivity contribution in [3.8, 4) is 0 Å². The molecule has 0 radical (unpaired) electrons. The molecule has 2 aromatic heterocycles. The van der Waals surface area contributed by atoms with Crippen LogP contribution in [0, 0.1) is 5.92 Å². The minimum absolute atomic E-state index is 0.0318. The van der Waals surface area contributed by atoms with E-state index in [4.69, 9.17) is 5.73 Å². The molecule has 5 aromatic rings. The van der Waals surface area contributed by atoms with Crippen molar-refractivity contribution in [1.82, 2.24) is 35.4 Å². The molecule has 7 N–H and O–H groups in total. The molecule has 15 nitrogen and oxygen atoms in total. The van der Waals surface area contributed by atoms with Crippen LogP contribution in [0.5, 0.6) is 0 Å². The van der Waals surface area contributed by atoms with Gasteiger partial charge in [0.2, 0.25) is 17.8 Å². The smallest absolute Gasteiger partial charge is 0.264 e. The number of piperazine rings is 1. The first-order valence-electron chi connectivity index (χ1n) is 20.7. The average Bonchev–Trinajstić information content (AvgIpc) is 3.55. The molecule has 1 aliphatic heterocycles. The van der Waals surface area contributed by atoms with Crippen molar-refractivity contribution in [2.45, 2.75) is 81.3 Å². The molecule has 7 rings (SSSR count). The summed E-state index contributed by atoms with van der Waals surface area (Å²) in [5.41, 5.74) is 9.66. The molecule has 328 valence electrons. The number of β-amino-alcohol motifs (C(OH)–C–C–N with tert-alkyl or cyclic N) is 1. The summed E-state index contributed by atoms with van der Waals surface area (Å²) in [6.07, 6.45) is 6.16. The Labute approximate surface area is 363 Å². The summed E-state index contributed by atoms with van der Waals surface area (Å²) in [5, 5.41) is 28.5. The highest BCUT2D eigenvalue weighted by Gasteiger charge is 2.37. The first kappa shape index (κ1) is 45.7. The topological polar surface area (TPSA) is 216 Å². The second kappa shape index (κ2) is 20.9. The molecular weight excluding hydrogens is 807 g/mol. The van der Waals surface area contributed by atoms with Gasteiger partial charge >= 0.3 is 0 Å². The molecular formula is C46H57N9O6S. The van der Waals surface area contributed by atoms with Crippen LogP contribution in [0.3, 0.4) is 0 Å². The van der Waals surface area contributed by atoms with Crippen LogP contribution in [0.25, 0.3) is 0 Å². The van der Waals surface area contributed by atoms with Crippen molar-refractivity contribution in [2.24, 2.45) is 5.92 Å². The first-order chi connectivity index (χ1) is 29.6. The maximum Gasteiger partial charge on any atom is 0.264 e. The lowest BCUT2D eigenvalue weighted by molar-refractivity contribution is -0.132. The maximum absolute atomic E-state index is 13.8. The van der Waals surface area contributed by atoms with Crippen molar-refractivity contribution in [3.05, 3.63) is 144 Å². The highest BCUT2D eigenvalue weighted by Crippen LogP contribution is 2.32. The monoisotopic (exact) mass is 863 g/mol. The summed E-state index contributed by atoms with van der Waals surface area (Å²) >= 11 is 0. The summed E-state index contributed by atoms with van der Waals surface area (Å²) < 4.78 is 26.0. The standard InChI is InChI=1S/C36H47N5O4.C10H10N4O2S/c1-36(2,3)39-35(45)31-24-40(22-26-12-9-15-37-21-26)16-17-41(31)23-29(42)19-28(18-25-10-5-4-6-11-25)34(44)38-33-30-14-8-7-13-27(30)20-32(33)43;11-8-2-4-9(5-3-8)17(15,16)14-10-12-6-1-7-13-10/h4-15,21,28-29,31-33,42-43H,16-20,22-24H2,1-3H3,(H,38,44)(H,39,45);1-7H,11H2,(H,12,13,14)/t28-,29+,31+,32-,33+;/m1./s1. The number of anilines is 2. The van der Waals surface area contributed by atoms with E-state index >= 15 is 0 Å². The Morgan fingerprint density at radius 2 is 1.58 bits per heavy atom. The van der Waals surface area contributed by atoms with E-state index in [1.165, 1.54) is 36.7 Å². The van der Waals surface area contributed by atoms with E-state index in [1.54, 1.807) is 12.3 Å². The summed E-state index contributed by atoms with van der Waals surface area (Å²) in [6.45, 7) is 8.74. The predicted molar refractivity (Wildman–Crippen MR) is 238 cm³/mol. The Morgan fingerprint density at radius 3 is 2.27 bits per heavy atom. The average molecular weight is 864 g/mol. The van der Waals surface area contributed by atoms with Gasteiger partial charge in [0.15, 0.2) is 0 Å². The fourth-order valence-corrected chi connectivity index (χ4v) is 8.70. The fourth-order valence-electron chi connectivity index (χ4n) is 7.74. The Hall–Kier alpha value is -5.78. The van der Waals surface area contributed by atoms with Gasteiger partial charge in [0.25, 0.3) is 10.0 Å². The molecule has 0 bridgehead atoms. The molecule has 3 heterocycles. The Balaban J connectivity index is 0.000000314. The van der Waals surface area contributed by atoms with Crippen LogP contribution in [0.4, 0.5) is 11.6 Å². The molecule has 5 atom stereocenters. The number of sulfonamides is 1. The second-order valence-corrected chi connectivity index (χ2v) is 18.5. The maximum atomic E-state index is 13.8. The van der Waals surface area contributed by atoms with Crippen LogP contribution >= 0.6 is 0 Å². The number of aromatic nitrogens is 3. The number of rotatable bonds is 14. The summed E-state index contributed by atoms with van der Waals surface area (Å²) in [4.78, 5) is 43.6. The quantitative estimate of drug-likeness (QED) is 0.0882. The van der Waals surface area contributed by atoms with E-state index in [9.17, 15) is 28.2 Å². The van der Waals surface area contributed by atoms with Crippen LogP contribution in [0.1, 0.15) is 55.5 Å². The molecule has 1 saturated heterocycles. The Kier molecular flexibility index (Phi) is 15.4. The van der Waals surface area contributed by atoms with E-state index in [1.807, 2.05) is 93.7 Å². The van der Waals surface area contributed by atoms with E-state index in [0.29, 0.717) is 38.2 Å². The Morgan fingerprint density at radius 1 is 0.887 bits per heavy atom. The number of pyridine rings is 1. The number of amides is 2. The number of carbonyl (C=O) groups is 2. The van der Waals surface area contributed by atoms with Gasteiger partial charge in [-0.25, -0.2) is 23.1 Å². The van der Waals surface area contributed by atoms with Crippen LogP contribution in [0.15, 0.2) is 127 Å². The number of benzene rings is 3. The van der Waals surface area contributed by atoms with Crippen molar-refractivity contribution in [1.29, 1.82) is 0 Å². The van der Waals surface area contributed by atoms with Crippen LogP contribution in [-0.2, 0) is 39.0 Å². The third-order valence-corrected chi connectivity index (χ3v) is 12.0. The number of aliphatic hydroxyl groups is 2. The van der Waals surface area contributed by atoms with Gasteiger partial charge < -0.3 is 26.6 Å². The number of hydrogen-bond donors (Lipinski definition) is 6. The third kappa shape index (κ3) is 13.1. The Bertz CT molecular complexity index is 2320. The van der Waals surface area contributed by atoms with Crippen molar-refractivity contribution >= 4 is 33.5 Å². The van der Waals surface area contributed by atoms with Crippen LogP contribution < -0.4 is 21.1 Å². The van der Waals surface area contributed by atoms with Crippen molar-refractivity contribution in [3.63, 3.8) is 0 Å². The molecule has 1 aliphatic carbocycles. The number of nitrogen functional groups attached to an aromatic ring is 1. The molecule has 0 saturated carbocycles. The highest BCUT2D eigenvalue weighted by atomic mass is 32.2. The second-order valence-electron chi connectivity index (χ2n) is 16.8. The molecule has 0 spiro atoms. The van der Waals surface area contributed by atoms with Gasteiger partial charge in [0.1, 0.15) is 6.04 Å². The van der Waals surface area contributed by atoms with E-state index in [-0.39, 0.29) is 35.6 Å². The van der Waals surface area contributed by atoms with Gasteiger partial charge in [-0.3, -0.25) is 24.4 Å². The van der Waals surface area contributed by atoms with E-state index in [0.717, 1.165) is 28.8 Å². The minimum Gasteiger partial charge on any atom is -0.399 e. The summed E-state index contributed by atoms with van der Waals surface area (Å²) in [6, 6.07) is 28.1. The number of nitrogens with zero attached hydrogens (tertiary/aromatic N) is 5. The number of nitrogens with two attached hydrogens (primary N) is 1. The fraction of sp³-hybridized carbons (Fsp3) is 0.370. The zero-order valence-electron chi connectivity index (χ0n) is 35.3. The van der Waals surface area contributed by atoms with Gasteiger partial charge in [0, 0.05) is 81.1 Å². The lowest BCUT2D eigenvalue weighted by Crippen LogP contribution is -2.61. The van der Waals surface area contributed by atoms with Gasteiger partial charge in [0.05, 0.1) is 23.1 Å². The lowest BCUT2D eigenvalue weighted by Gasteiger charge is -2.42. The molecule has 0 unspecified atom stereocenters. The molecule has 2 amide bonds. The summed E-state index contributed by atoms with van der Waals surface area (Å²) in [7, 11) is -3.66. The zero-order chi connectivity index (χ0) is 44.3. The van der Waals surface area contributed by atoms with Crippen LogP contribution in [-0.4, -0.2) is 105 Å². The highest BCUT2D eigenvalue weighted by molar-refractivity contribution is 7.92. The first-order valence-corrected chi connectivity index (χ1v) is 22.2. The van der Waals surface area contributed by atoms with Crippen molar-refractivity contribution < 1.29 is 28.2 Å². The number of fused-ring (bicyclic) bond motifs is 1. The van der Waals surface area contributed by atoms with Gasteiger partial charge in [-0.05, 0) is 92.3 Å². The number of hydrogen-bond acceptors (Lipinski definition) is 12. The van der Waals surface area contributed by atoms with Gasteiger partial charge in [-0.2, -0.15) is 0 Å². The van der Waals surface area contributed by atoms with E-state index in [2.05, 4.69) is 40.1 Å². The van der Waals surface area contributed by atoms with Crippen LogP contribution in [0.2, 0.25) is 0 Å². The van der Waals surface area contributed by atoms with Gasteiger partial charge in [-0.1, -0.05) is 60.7 Å². The molecule has 2 aliphatic rings. The SMILES string of the molecule is CC(C)(C)NC(=O)[C@@H]1CN(Cc2cccnc2)CCN1C[C@@H](O)C[C@@H](Cc1ccccc1)C(=O)N[C@H]1c2ccccc2C[C@H]1O.Nc1ccc(S(=O)(=O)Nc2ncccn2)cc1. The number of carbonyl (C=O) groups excluding carboxylic acids is 2. The number of aliphatic hydroxyl groups excluding tert-OH is 2. The third-order valence-electron chi connectivity index (χ3n) is 10.7.